The number of carbonyl (C=O) groups is 1. The zero-order valence-electron chi connectivity index (χ0n) is 10.6. The molecule has 7 heteroatoms. The first-order chi connectivity index (χ1) is 9.43. The van der Waals surface area contributed by atoms with E-state index in [-0.39, 0.29) is 16.3 Å². The summed E-state index contributed by atoms with van der Waals surface area (Å²) in [5.74, 6) is -1.21. The number of sulfonamides is 1. The van der Waals surface area contributed by atoms with Gasteiger partial charge in [-0.2, -0.15) is 0 Å². The van der Waals surface area contributed by atoms with Crippen molar-refractivity contribution in [2.45, 2.75) is 4.90 Å². The van der Waals surface area contributed by atoms with E-state index < -0.39 is 16.0 Å². The summed E-state index contributed by atoms with van der Waals surface area (Å²) < 4.78 is 25.8. The molecule has 1 aromatic carbocycles. The maximum atomic E-state index is 12.4. The van der Waals surface area contributed by atoms with Crippen LogP contribution in [0.5, 0.6) is 0 Å². The van der Waals surface area contributed by atoms with Crippen molar-refractivity contribution in [3.63, 3.8) is 0 Å². The zero-order valence-corrected chi connectivity index (χ0v) is 11.4. The predicted octanol–water partition coefficient (Wildman–Crippen LogP) is 1.60. The first-order valence-electron chi connectivity index (χ1n) is 5.66. The number of anilines is 1. The Kier molecular flexibility index (Phi) is 3.71. The van der Waals surface area contributed by atoms with Crippen molar-refractivity contribution in [3.05, 3.63) is 54.4 Å². The molecule has 104 valence electrons. The Morgan fingerprint density at radius 3 is 2.45 bits per heavy atom. The van der Waals surface area contributed by atoms with Gasteiger partial charge < -0.3 is 5.11 Å². The molecule has 0 saturated heterocycles. The van der Waals surface area contributed by atoms with Gasteiger partial charge in [-0.15, -0.1) is 0 Å². The Hall–Kier alpha value is -2.41. The number of hydrogen-bond acceptors (Lipinski definition) is 4. The standard InChI is InChI=1S/C13H12N2O4S/c1-15(10-7-8-14-12(9-10)13(16)17)20(18,19)11-5-3-2-4-6-11/h2-9H,1H3,(H,16,17). The van der Waals surface area contributed by atoms with Crippen molar-refractivity contribution in [1.29, 1.82) is 0 Å². The summed E-state index contributed by atoms with van der Waals surface area (Å²) in [6.45, 7) is 0. The van der Waals surface area contributed by atoms with Gasteiger partial charge in [-0.05, 0) is 24.3 Å². The van der Waals surface area contributed by atoms with Crippen LogP contribution >= 0.6 is 0 Å². The number of rotatable bonds is 4. The summed E-state index contributed by atoms with van der Waals surface area (Å²) in [6, 6.07) is 10.6. The minimum absolute atomic E-state index is 0.135. The number of aromatic nitrogens is 1. The van der Waals surface area contributed by atoms with Gasteiger partial charge in [0.1, 0.15) is 5.69 Å². The quantitative estimate of drug-likeness (QED) is 0.925. The minimum Gasteiger partial charge on any atom is -0.477 e. The fourth-order valence-corrected chi connectivity index (χ4v) is 2.83. The summed E-state index contributed by atoms with van der Waals surface area (Å²) >= 11 is 0. The largest absolute Gasteiger partial charge is 0.477 e. The Morgan fingerprint density at radius 2 is 1.85 bits per heavy atom. The minimum atomic E-state index is -3.72. The van der Waals surface area contributed by atoms with Crippen molar-refractivity contribution in [2.24, 2.45) is 0 Å². The van der Waals surface area contributed by atoms with Crippen LogP contribution in [-0.2, 0) is 10.0 Å². The first-order valence-corrected chi connectivity index (χ1v) is 7.10. The maximum absolute atomic E-state index is 12.4. The second kappa shape index (κ2) is 5.30. The van der Waals surface area contributed by atoms with E-state index in [1.807, 2.05) is 0 Å². The van der Waals surface area contributed by atoms with Gasteiger partial charge >= 0.3 is 5.97 Å². The lowest BCUT2D eigenvalue weighted by molar-refractivity contribution is 0.0690. The first kappa shape index (κ1) is 14.0. The summed E-state index contributed by atoms with van der Waals surface area (Å²) in [5, 5.41) is 8.88. The van der Waals surface area contributed by atoms with Gasteiger partial charge in [0.25, 0.3) is 10.0 Å². The number of carboxylic acids is 1. The number of benzene rings is 1. The van der Waals surface area contributed by atoms with E-state index in [1.165, 1.54) is 37.5 Å². The molecular formula is C13H12N2O4S. The molecule has 0 unspecified atom stereocenters. The number of pyridine rings is 1. The number of carboxylic acid groups (broad SMARTS) is 1. The second-order valence-electron chi connectivity index (χ2n) is 3.99. The summed E-state index contributed by atoms with van der Waals surface area (Å²) in [5.41, 5.74) is 0.0267. The number of nitrogens with zero attached hydrogens (tertiary/aromatic N) is 2. The van der Waals surface area contributed by atoms with E-state index in [1.54, 1.807) is 18.2 Å². The van der Waals surface area contributed by atoms with Gasteiger partial charge in [-0.25, -0.2) is 18.2 Å². The van der Waals surface area contributed by atoms with Crippen LogP contribution in [0.25, 0.3) is 0 Å². The van der Waals surface area contributed by atoms with Crippen LogP contribution in [0.4, 0.5) is 5.69 Å². The van der Waals surface area contributed by atoms with Gasteiger partial charge in [0.2, 0.25) is 0 Å². The maximum Gasteiger partial charge on any atom is 0.354 e. The third-order valence-corrected chi connectivity index (χ3v) is 4.53. The molecule has 0 aliphatic carbocycles. The van der Waals surface area contributed by atoms with E-state index in [9.17, 15) is 13.2 Å². The third kappa shape index (κ3) is 2.62. The second-order valence-corrected chi connectivity index (χ2v) is 5.96. The average molecular weight is 292 g/mol. The molecule has 2 aromatic rings. The van der Waals surface area contributed by atoms with Crippen LogP contribution in [-0.4, -0.2) is 31.5 Å². The van der Waals surface area contributed by atoms with Crippen LogP contribution in [0.1, 0.15) is 10.5 Å². The van der Waals surface area contributed by atoms with Crippen molar-refractivity contribution in [3.8, 4) is 0 Å². The molecule has 0 atom stereocenters. The molecule has 1 aromatic heterocycles. The van der Waals surface area contributed by atoms with Gasteiger partial charge in [-0.3, -0.25) is 4.31 Å². The highest BCUT2D eigenvalue weighted by Gasteiger charge is 2.21. The lowest BCUT2D eigenvalue weighted by atomic mass is 10.3. The van der Waals surface area contributed by atoms with Crippen molar-refractivity contribution in [2.75, 3.05) is 11.4 Å². The molecule has 0 bridgehead atoms. The predicted molar refractivity (Wildman–Crippen MR) is 73.2 cm³/mol. The molecule has 0 fully saturated rings. The Labute approximate surface area is 116 Å². The van der Waals surface area contributed by atoms with E-state index in [4.69, 9.17) is 5.11 Å². The topological polar surface area (TPSA) is 87.6 Å². The third-order valence-electron chi connectivity index (χ3n) is 2.73. The highest BCUT2D eigenvalue weighted by molar-refractivity contribution is 7.92. The Balaban J connectivity index is 2.43. The Morgan fingerprint density at radius 1 is 1.20 bits per heavy atom. The van der Waals surface area contributed by atoms with Crippen molar-refractivity contribution in [1.82, 2.24) is 4.98 Å². The molecule has 0 amide bonds. The molecule has 0 aliphatic rings. The van der Waals surface area contributed by atoms with E-state index in [2.05, 4.69) is 4.98 Å². The number of aromatic carboxylic acids is 1. The van der Waals surface area contributed by atoms with Gasteiger partial charge in [0.05, 0.1) is 10.6 Å². The molecule has 0 saturated carbocycles. The molecule has 0 radical (unpaired) electrons. The SMILES string of the molecule is CN(c1ccnc(C(=O)O)c1)S(=O)(=O)c1ccccc1. The molecule has 6 nitrogen and oxygen atoms in total. The smallest absolute Gasteiger partial charge is 0.354 e. The molecular weight excluding hydrogens is 280 g/mol. The van der Waals surface area contributed by atoms with Gasteiger partial charge in [0, 0.05) is 13.2 Å². The molecule has 2 rings (SSSR count). The molecule has 1 heterocycles. The highest BCUT2D eigenvalue weighted by atomic mass is 32.2. The fourth-order valence-electron chi connectivity index (χ4n) is 1.62. The molecule has 1 N–H and O–H groups in total. The van der Waals surface area contributed by atoms with Crippen LogP contribution in [0.15, 0.2) is 53.6 Å². The highest BCUT2D eigenvalue weighted by Crippen LogP contribution is 2.21. The summed E-state index contributed by atoms with van der Waals surface area (Å²) in [7, 11) is -2.36. The van der Waals surface area contributed by atoms with Crippen molar-refractivity contribution < 1.29 is 18.3 Å². The molecule has 20 heavy (non-hydrogen) atoms. The van der Waals surface area contributed by atoms with E-state index in [0.29, 0.717) is 0 Å². The Bertz CT molecular complexity index is 729. The van der Waals surface area contributed by atoms with Crippen molar-refractivity contribution >= 4 is 21.7 Å². The van der Waals surface area contributed by atoms with Gasteiger partial charge in [0.15, 0.2) is 0 Å². The summed E-state index contributed by atoms with van der Waals surface area (Å²) in [4.78, 5) is 14.7. The zero-order chi connectivity index (χ0) is 14.8. The number of hydrogen-bond donors (Lipinski definition) is 1. The van der Waals surface area contributed by atoms with Crippen LogP contribution < -0.4 is 4.31 Å². The molecule has 0 aliphatic heterocycles. The van der Waals surface area contributed by atoms with E-state index >= 15 is 0 Å². The lowest BCUT2D eigenvalue weighted by Gasteiger charge is -2.19. The molecule has 0 spiro atoms. The van der Waals surface area contributed by atoms with Crippen LogP contribution in [0, 0.1) is 0 Å². The van der Waals surface area contributed by atoms with E-state index in [0.717, 1.165) is 4.31 Å². The normalized spacial score (nSPS) is 11.1. The van der Waals surface area contributed by atoms with Crippen LogP contribution in [0.3, 0.4) is 0 Å². The monoisotopic (exact) mass is 292 g/mol. The lowest BCUT2D eigenvalue weighted by Crippen LogP contribution is -2.26. The average Bonchev–Trinajstić information content (AvgIpc) is 2.47. The fraction of sp³-hybridized carbons (Fsp3) is 0.0769. The summed E-state index contributed by atoms with van der Waals surface area (Å²) in [6.07, 6.45) is 1.26. The van der Waals surface area contributed by atoms with Crippen LogP contribution in [0.2, 0.25) is 0 Å². The van der Waals surface area contributed by atoms with Gasteiger partial charge in [-0.1, -0.05) is 18.2 Å².